The molecule has 24 heavy (non-hydrogen) atoms. The van der Waals surface area contributed by atoms with Crippen LogP contribution in [0.2, 0.25) is 0 Å². The highest BCUT2D eigenvalue weighted by atomic mass is 127. The molecule has 10 heteroatoms. The van der Waals surface area contributed by atoms with Gasteiger partial charge in [-0.15, -0.1) is 24.0 Å². The zero-order chi connectivity index (χ0) is 16.5. The number of hydrogen-bond donors (Lipinski definition) is 2. The summed E-state index contributed by atoms with van der Waals surface area (Å²) in [5.41, 5.74) is 0. The molecule has 7 nitrogen and oxygen atoms in total. The summed E-state index contributed by atoms with van der Waals surface area (Å²) in [6, 6.07) is 0. The van der Waals surface area contributed by atoms with Crippen LogP contribution in [-0.2, 0) is 16.0 Å². The third-order valence-electron chi connectivity index (χ3n) is 3.45. The second kappa shape index (κ2) is 11.5. The Morgan fingerprint density at radius 2 is 2.38 bits per heavy atom. The van der Waals surface area contributed by atoms with Crippen LogP contribution in [0.3, 0.4) is 0 Å². The van der Waals surface area contributed by atoms with E-state index in [9.17, 15) is 8.78 Å². The van der Waals surface area contributed by atoms with E-state index in [0.29, 0.717) is 25.7 Å². The van der Waals surface area contributed by atoms with Crippen LogP contribution in [0.25, 0.3) is 0 Å². The monoisotopic (exact) mass is 459 g/mol. The van der Waals surface area contributed by atoms with E-state index >= 15 is 0 Å². The first-order valence-electron chi connectivity index (χ1n) is 7.64. The van der Waals surface area contributed by atoms with Crippen molar-refractivity contribution in [1.29, 1.82) is 0 Å². The van der Waals surface area contributed by atoms with Gasteiger partial charge >= 0.3 is 6.55 Å². The summed E-state index contributed by atoms with van der Waals surface area (Å²) in [5, 5.41) is 6.07. The quantitative estimate of drug-likeness (QED) is 0.268. The SMILES string of the molecule is CN=C(NCCCOC1CCOC1)NCc1nccn1C(F)F.I. The van der Waals surface area contributed by atoms with Gasteiger partial charge in [-0.2, -0.15) is 8.78 Å². The minimum absolute atomic E-state index is 0. The summed E-state index contributed by atoms with van der Waals surface area (Å²) in [7, 11) is 1.63. The molecule has 0 amide bonds. The molecule has 1 aromatic rings. The number of guanidine groups is 1. The highest BCUT2D eigenvalue weighted by Crippen LogP contribution is 2.11. The number of rotatable bonds is 8. The number of alkyl halides is 2. The Hall–Kier alpha value is -1.01. The molecule has 1 atom stereocenters. The van der Waals surface area contributed by atoms with E-state index in [1.54, 1.807) is 7.05 Å². The Balaban J connectivity index is 0.00000288. The third kappa shape index (κ3) is 6.85. The molecule has 0 radical (unpaired) electrons. The van der Waals surface area contributed by atoms with Crippen LogP contribution in [0.4, 0.5) is 8.78 Å². The van der Waals surface area contributed by atoms with Gasteiger partial charge in [0.1, 0.15) is 5.82 Å². The van der Waals surface area contributed by atoms with Crippen LogP contribution in [0.5, 0.6) is 0 Å². The van der Waals surface area contributed by atoms with E-state index in [4.69, 9.17) is 9.47 Å². The standard InChI is InChI=1S/C14H23F2N5O2.HI/c1-17-14(19-4-2-7-23-11-3-8-22-10-11)20-9-12-18-5-6-21(12)13(15)16;/h5-6,11,13H,2-4,7-10H2,1H3,(H2,17,19,20);1H. The van der Waals surface area contributed by atoms with Crippen molar-refractivity contribution in [2.24, 2.45) is 4.99 Å². The molecule has 0 bridgehead atoms. The minimum Gasteiger partial charge on any atom is -0.379 e. The lowest BCUT2D eigenvalue weighted by Gasteiger charge is -2.13. The van der Waals surface area contributed by atoms with Gasteiger partial charge in [-0.05, 0) is 12.8 Å². The lowest BCUT2D eigenvalue weighted by molar-refractivity contribution is 0.0420. The highest BCUT2D eigenvalue weighted by Gasteiger charge is 2.15. The molecule has 138 valence electrons. The second-order valence-electron chi connectivity index (χ2n) is 5.09. The number of aromatic nitrogens is 2. The number of hydrogen-bond acceptors (Lipinski definition) is 4. The Labute approximate surface area is 157 Å². The maximum atomic E-state index is 12.7. The van der Waals surface area contributed by atoms with E-state index in [1.807, 2.05) is 0 Å². The number of ether oxygens (including phenoxy) is 2. The van der Waals surface area contributed by atoms with Crippen LogP contribution in [0.15, 0.2) is 17.4 Å². The molecule has 2 rings (SSSR count). The van der Waals surface area contributed by atoms with Crippen molar-refractivity contribution in [2.45, 2.75) is 32.0 Å². The molecule has 2 N–H and O–H groups in total. The fourth-order valence-corrected chi connectivity index (χ4v) is 2.22. The van der Waals surface area contributed by atoms with Crippen LogP contribution >= 0.6 is 24.0 Å². The van der Waals surface area contributed by atoms with Crippen molar-refractivity contribution in [3.8, 4) is 0 Å². The van der Waals surface area contributed by atoms with Crippen LogP contribution in [0, 0.1) is 0 Å². The highest BCUT2D eigenvalue weighted by molar-refractivity contribution is 14.0. The lowest BCUT2D eigenvalue weighted by Crippen LogP contribution is -2.38. The lowest BCUT2D eigenvalue weighted by atomic mass is 10.3. The average molecular weight is 459 g/mol. The number of aliphatic imine (C=N–C) groups is 1. The number of nitrogens with one attached hydrogen (secondary N) is 2. The largest absolute Gasteiger partial charge is 0.379 e. The Morgan fingerprint density at radius 1 is 1.54 bits per heavy atom. The molecule has 1 unspecified atom stereocenters. The van der Waals surface area contributed by atoms with Gasteiger partial charge in [-0.25, -0.2) is 4.98 Å². The van der Waals surface area contributed by atoms with Gasteiger partial charge in [0.05, 0.1) is 19.3 Å². The minimum atomic E-state index is -2.60. The molecule has 0 spiro atoms. The van der Waals surface area contributed by atoms with Crippen molar-refractivity contribution in [3.05, 3.63) is 18.2 Å². The maximum Gasteiger partial charge on any atom is 0.319 e. The van der Waals surface area contributed by atoms with Gasteiger partial charge in [-0.1, -0.05) is 0 Å². The molecule has 2 heterocycles. The fraction of sp³-hybridized carbons (Fsp3) is 0.714. The van der Waals surface area contributed by atoms with Gasteiger partial charge in [0.25, 0.3) is 0 Å². The summed E-state index contributed by atoms with van der Waals surface area (Å²) in [6.45, 7) is 0.347. The molecule has 1 aliphatic rings. The normalized spacial score (nSPS) is 17.8. The molecule has 1 saturated heterocycles. The zero-order valence-electron chi connectivity index (χ0n) is 13.6. The van der Waals surface area contributed by atoms with Gasteiger partial charge in [0, 0.05) is 39.2 Å². The first-order chi connectivity index (χ1) is 11.2. The van der Waals surface area contributed by atoms with Crippen molar-refractivity contribution < 1.29 is 18.3 Å². The molecular weight excluding hydrogens is 435 g/mol. The first kappa shape index (κ1) is 21.0. The molecule has 0 saturated carbocycles. The predicted molar refractivity (Wildman–Crippen MR) is 96.9 cm³/mol. The van der Waals surface area contributed by atoms with E-state index in [-0.39, 0.29) is 42.4 Å². The predicted octanol–water partition coefficient (Wildman–Crippen LogP) is 1.76. The number of imidazole rings is 1. The number of nitrogens with zero attached hydrogens (tertiary/aromatic N) is 3. The Bertz CT molecular complexity index is 495. The van der Waals surface area contributed by atoms with Gasteiger partial charge < -0.3 is 20.1 Å². The van der Waals surface area contributed by atoms with E-state index in [0.717, 1.165) is 24.0 Å². The van der Waals surface area contributed by atoms with Crippen LogP contribution in [-0.4, -0.2) is 55.0 Å². The molecule has 0 aliphatic carbocycles. The van der Waals surface area contributed by atoms with E-state index in [2.05, 4.69) is 20.6 Å². The first-order valence-corrected chi connectivity index (χ1v) is 7.64. The molecule has 1 aromatic heterocycles. The van der Waals surface area contributed by atoms with Crippen LogP contribution < -0.4 is 10.6 Å². The summed E-state index contributed by atoms with van der Waals surface area (Å²) in [5.74, 6) is 0.797. The fourth-order valence-electron chi connectivity index (χ4n) is 2.22. The van der Waals surface area contributed by atoms with Crippen molar-refractivity contribution in [2.75, 3.05) is 33.4 Å². The van der Waals surface area contributed by atoms with E-state index in [1.165, 1.54) is 12.4 Å². The second-order valence-corrected chi connectivity index (χ2v) is 5.09. The van der Waals surface area contributed by atoms with Crippen molar-refractivity contribution in [1.82, 2.24) is 20.2 Å². The maximum absolute atomic E-state index is 12.7. The summed E-state index contributed by atoms with van der Waals surface area (Å²) >= 11 is 0. The summed E-state index contributed by atoms with van der Waals surface area (Å²) in [6.07, 6.45) is 4.59. The summed E-state index contributed by atoms with van der Waals surface area (Å²) in [4.78, 5) is 7.95. The zero-order valence-corrected chi connectivity index (χ0v) is 15.9. The average Bonchev–Trinajstić information content (AvgIpc) is 3.21. The molecule has 0 aromatic carbocycles. The van der Waals surface area contributed by atoms with E-state index < -0.39 is 6.55 Å². The summed E-state index contributed by atoms with van der Waals surface area (Å²) < 4.78 is 37.1. The van der Waals surface area contributed by atoms with Gasteiger partial charge in [0.2, 0.25) is 0 Å². The number of halogens is 3. The molecule has 1 fully saturated rings. The molecule has 1 aliphatic heterocycles. The van der Waals surface area contributed by atoms with Crippen molar-refractivity contribution in [3.63, 3.8) is 0 Å². The third-order valence-corrected chi connectivity index (χ3v) is 3.45. The Kier molecular flexibility index (Phi) is 10.1. The van der Waals surface area contributed by atoms with Gasteiger partial charge in [0.15, 0.2) is 5.96 Å². The van der Waals surface area contributed by atoms with Crippen LogP contribution in [0.1, 0.15) is 25.2 Å². The van der Waals surface area contributed by atoms with Crippen molar-refractivity contribution >= 4 is 29.9 Å². The smallest absolute Gasteiger partial charge is 0.319 e. The topological polar surface area (TPSA) is 72.7 Å². The van der Waals surface area contributed by atoms with Gasteiger partial charge in [-0.3, -0.25) is 9.56 Å². The molecular formula is C14H24F2IN5O2. The Morgan fingerprint density at radius 3 is 3.04 bits per heavy atom.